The van der Waals surface area contributed by atoms with Crippen LogP contribution in [0, 0.1) is 10.1 Å². The number of nitro groups is 1. The number of anilines is 1. The highest BCUT2D eigenvalue weighted by molar-refractivity contribution is 6.31. The van der Waals surface area contributed by atoms with E-state index in [9.17, 15) is 14.9 Å². The van der Waals surface area contributed by atoms with Gasteiger partial charge in [-0.3, -0.25) is 19.8 Å². The summed E-state index contributed by atoms with van der Waals surface area (Å²) in [5, 5.41) is 14.0. The van der Waals surface area contributed by atoms with Gasteiger partial charge in [0.2, 0.25) is 5.91 Å². The van der Waals surface area contributed by atoms with Gasteiger partial charge in [0, 0.05) is 24.2 Å². The number of carbonyl (C=O) groups excluding carboxylic acids is 1. The first-order chi connectivity index (χ1) is 12.5. The second-order valence-corrected chi connectivity index (χ2v) is 6.48. The summed E-state index contributed by atoms with van der Waals surface area (Å²) in [5.74, 6) is -0.299. The average Bonchev–Trinajstić information content (AvgIpc) is 2.63. The van der Waals surface area contributed by atoms with Crippen molar-refractivity contribution < 1.29 is 9.72 Å². The lowest BCUT2D eigenvalue weighted by molar-refractivity contribution is -0.383. The molecule has 0 saturated carbocycles. The number of nitrogens with one attached hydrogen (secondary N) is 1. The molecule has 3 rings (SSSR count). The summed E-state index contributed by atoms with van der Waals surface area (Å²) < 4.78 is 0. The molecule has 1 aliphatic heterocycles. The maximum Gasteiger partial charge on any atom is 0.292 e. The third-order valence-electron chi connectivity index (χ3n) is 4.23. The van der Waals surface area contributed by atoms with Crippen LogP contribution >= 0.6 is 11.6 Å². The molecule has 0 saturated heterocycles. The summed E-state index contributed by atoms with van der Waals surface area (Å²) in [6.07, 6.45) is 2.97. The first-order valence-electron chi connectivity index (χ1n) is 8.23. The molecule has 0 atom stereocenters. The largest absolute Gasteiger partial charge is 0.319 e. The number of halogens is 1. The Hall–Kier alpha value is -2.70. The maximum atomic E-state index is 12.3. The molecule has 6 nitrogen and oxygen atoms in total. The molecular formula is C19H18ClN3O3. The van der Waals surface area contributed by atoms with Crippen molar-refractivity contribution in [2.24, 2.45) is 0 Å². The minimum Gasteiger partial charge on any atom is -0.319 e. The van der Waals surface area contributed by atoms with E-state index in [4.69, 9.17) is 11.6 Å². The van der Waals surface area contributed by atoms with Gasteiger partial charge >= 0.3 is 0 Å². The second-order valence-electron chi connectivity index (χ2n) is 6.05. The summed E-state index contributed by atoms with van der Waals surface area (Å²) in [6, 6.07) is 14.3. The summed E-state index contributed by atoms with van der Waals surface area (Å²) in [4.78, 5) is 24.8. The molecule has 7 heteroatoms. The topological polar surface area (TPSA) is 75.5 Å². The Labute approximate surface area is 156 Å². The lowest BCUT2D eigenvalue weighted by Crippen LogP contribution is -2.36. The number of nitro benzene ring substituents is 1. The quantitative estimate of drug-likeness (QED) is 0.637. The van der Waals surface area contributed by atoms with Gasteiger partial charge in [0.25, 0.3) is 5.69 Å². The van der Waals surface area contributed by atoms with Crippen molar-refractivity contribution in [1.29, 1.82) is 0 Å². The van der Waals surface area contributed by atoms with Gasteiger partial charge in [-0.05, 0) is 29.7 Å². The van der Waals surface area contributed by atoms with Crippen molar-refractivity contribution >= 4 is 34.5 Å². The van der Waals surface area contributed by atoms with E-state index in [2.05, 4.69) is 23.5 Å². The van der Waals surface area contributed by atoms with Crippen molar-refractivity contribution in [2.75, 3.05) is 25.0 Å². The van der Waals surface area contributed by atoms with E-state index in [1.54, 1.807) is 0 Å². The van der Waals surface area contributed by atoms with E-state index in [1.165, 1.54) is 29.3 Å². The number of hydrogen-bond donors (Lipinski definition) is 1. The normalized spacial score (nSPS) is 14.6. The number of hydrogen-bond acceptors (Lipinski definition) is 4. The number of nitrogens with zero attached hydrogens (tertiary/aromatic N) is 2. The van der Waals surface area contributed by atoms with Crippen LogP contribution < -0.4 is 5.32 Å². The molecule has 0 radical (unpaired) electrons. The molecule has 134 valence electrons. The van der Waals surface area contributed by atoms with Crippen molar-refractivity contribution in [3.8, 4) is 0 Å². The van der Waals surface area contributed by atoms with Crippen LogP contribution in [0.15, 0.2) is 54.6 Å². The van der Waals surface area contributed by atoms with E-state index in [-0.39, 0.29) is 23.8 Å². The zero-order valence-corrected chi connectivity index (χ0v) is 14.8. The van der Waals surface area contributed by atoms with Crippen molar-refractivity contribution in [1.82, 2.24) is 4.90 Å². The molecule has 2 aromatic carbocycles. The maximum absolute atomic E-state index is 12.3. The number of benzene rings is 2. The molecule has 0 unspecified atom stereocenters. The van der Waals surface area contributed by atoms with E-state index in [0.717, 1.165) is 13.0 Å². The van der Waals surface area contributed by atoms with Crippen LogP contribution in [0.5, 0.6) is 0 Å². The Bertz CT molecular complexity index is 852. The molecule has 0 aromatic heterocycles. The highest BCUT2D eigenvalue weighted by Gasteiger charge is 2.19. The van der Waals surface area contributed by atoms with E-state index < -0.39 is 4.92 Å². The van der Waals surface area contributed by atoms with Gasteiger partial charge in [-0.15, -0.1) is 0 Å². The van der Waals surface area contributed by atoms with Crippen molar-refractivity contribution in [2.45, 2.75) is 6.42 Å². The SMILES string of the molecule is O=C(CN1CC=C(c2ccccc2)CC1)Nc1cc(Cl)ccc1[N+](=O)[O-]. The average molecular weight is 372 g/mol. The summed E-state index contributed by atoms with van der Waals surface area (Å²) in [6.45, 7) is 1.59. The van der Waals surface area contributed by atoms with Crippen LogP contribution in [0.25, 0.3) is 5.57 Å². The fourth-order valence-electron chi connectivity index (χ4n) is 2.93. The van der Waals surface area contributed by atoms with Crippen molar-refractivity contribution in [3.63, 3.8) is 0 Å². The van der Waals surface area contributed by atoms with Crippen LogP contribution in [-0.2, 0) is 4.79 Å². The lowest BCUT2D eigenvalue weighted by atomic mass is 10.00. The third-order valence-corrected chi connectivity index (χ3v) is 4.47. The van der Waals surface area contributed by atoms with Gasteiger partial charge in [0.1, 0.15) is 5.69 Å². The Balaban J connectivity index is 1.61. The Morgan fingerprint density at radius 2 is 2.00 bits per heavy atom. The molecule has 1 amide bonds. The number of rotatable bonds is 5. The van der Waals surface area contributed by atoms with E-state index in [0.29, 0.717) is 11.6 Å². The zero-order valence-electron chi connectivity index (χ0n) is 14.0. The van der Waals surface area contributed by atoms with Gasteiger partial charge in [-0.25, -0.2) is 0 Å². The Kier molecular flexibility index (Phi) is 5.65. The van der Waals surface area contributed by atoms with Gasteiger partial charge < -0.3 is 5.32 Å². The van der Waals surface area contributed by atoms with E-state index >= 15 is 0 Å². The lowest BCUT2D eigenvalue weighted by Gasteiger charge is -2.25. The third kappa shape index (κ3) is 4.47. The summed E-state index contributed by atoms with van der Waals surface area (Å²) in [7, 11) is 0. The minimum absolute atomic E-state index is 0.116. The van der Waals surface area contributed by atoms with Crippen LogP contribution in [-0.4, -0.2) is 35.4 Å². The number of amides is 1. The second kappa shape index (κ2) is 8.12. The summed E-state index contributed by atoms with van der Waals surface area (Å²) >= 11 is 5.88. The zero-order chi connectivity index (χ0) is 18.5. The Morgan fingerprint density at radius 3 is 2.65 bits per heavy atom. The fraction of sp³-hybridized carbons (Fsp3) is 0.211. The van der Waals surface area contributed by atoms with Gasteiger partial charge in [0.05, 0.1) is 11.5 Å². The van der Waals surface area contributed by atoms with Crippen LogP contribution in [0.1, 0.15) is 12.0 Å². The molecule has 0 fully saturated rings. The minimum atomic E-state index is -0.540. The Morgan fingerprint density at radius 1 is 1.23 bits per heavy atom. The molecule has 0 aliphatic carbocycles. The number of carbonyl (C=O) groups is 1. The molecule has 1 heterocycles. The smallest absolute Gasteiger partial charge is 0.292 e. The van der Waals surface area contributed by atoms with Crippen LogP contribution in [0.3, 0.4) is 0 Å². The fourth-order valence-corrected chi connectivity index (χ4v) is 3.10. The molecule has 0 bridgehead atoms. The molecular weight excluding hydrogens is 354 g/mol. The predicted octanol–water partition coefficient (Wildman–Crippen LogP) is 3.98. The van der Waals surface area contributed by atoms with Gasteiger partial charge in [-0.2, -0.15) is 0 Å². The van der Waals surface area contributed by atoms with Gasteiger partial charge in [0.15, 0.2) is 0 Å². The van der Waals surface area contributed by atoms with Gasteiger partial charge in [-0.1, -0.05) is 48.0 Å². The highest BCUT2D eigenvalue weighted by Crippen LogP contribution is 2.28. The first-order valence-corrected chi connectivity index (χ1v) is 8.61. The molecule has 0 spiro atoms. The van der Waals surface area contributed by atoms with Crippen molar-refractivity contribution in [3.05, 3.63) is 75.3 Å². The van der Waals surface area contributed by atoms with Crippen LogP contribution in [0.4, 0.5) is 11.4 Å². The standard InChI is InChI=1S/C19H18ClN3O3/c20-16-6-7-18(23(25)26)17(12-16)21-19(24)13-22-10-8-15(9-11-22)14-4-2-1-3-5-14/h1-8,12H,9-11,13H2,(H,21,24). The predicted molar refractivity (Wildman–Crippen MR) is 102 cm³/mol. The molecule has 26 heavy (non-hydrogen) atoms. The first kappa shape index (κ1) is 18.1. The summed E-state index contributed by atoms with van der Waals surface area (Å²) in [5.41, 5.74) is 2.41. The molecule has 2 aromatic rings. The molecule has 1 aliphatic rings. The molecule has 1 N–H and O–H groups in total. The highest BCUT2D eigenvalue weighted by atomic mass is 35.5. The van der Waals surface area contributed by atoms with E-state index in [1.807, 2.05) is 23.1 Å². The monoisotopic (exact) mass is 371 g/mol. The van der Waals surface area contributed by atoms with Crippen LogP contribution in [0.2, 0.25) is 5.02 Å².